The predicted octanol–water partition coefficient (Wildman–Crippen LogP) is 1.14. The molecule has 0 radical (unpaired) electrons. The summed E-state index contributed by atoms with van der Waals surface area (Å²) in [5.41, 5.74) is 2.36. The molecule has 2 heterocycles. The highest BCUT2D eigenvalue weighted by molar-refractivity contribution is 9.10. The minimum Gasteiger partial charge on any atom is -0.377 e. The number of hydrogen-bond donors (Lipinski definition) is 2. The molecular formula is C10H16BrN5O. The molecule has 17 heavy (non-hydrogen) atoms. The largest absolute Gasteiger partial charge is 0.377 e. The fraction of sp³-hybridized carbons (Fsp3) is 0.600. The minimum absolute atomic E-state index is 0.0962. The van der Waals surface area contributed by atoms with Crippen molar-refractivity contribution in [2.45, 2.75) is 19.4 Å². The molecule has 0 amide bonds. The Balaban J connectivity index is 2.37. The number of nitrogen functional groups attached to an aromatic ring is 1. The second-order valence-electron chi connectivity index (χ2n) is 4.53. The van der Waals surface area contributed by atoms with Crippen molar-refractivity contribution >= 4 is 27.7 Å². The van der Waals surface area contributed by atoms with E-state index in [0.29, 0.717) is 19.2 Å². The van der Waals surface area contributed by atoms with Crippen LogP contribution in [0.1, 0.15) is 13.8 Å². The summed E-state index contributed by atoms with van der Waals surface area (Å²) in [7, 11) is 0. The molecule has 0 spiro atoms. The normalized spacial score (nSPS) is 19.2. The van der Waals surface area contributed by atoms with Crippen molar-refractivity contribution in [2.75, 3.05) is 30.1 Å². The minimum atomic E-state index is -0.0962. The summed E-state index contributed by atoms with van der Waals surface area (Å²) >= 11 is 3.47. The van der Waals surface area contributed by atoms with Crippen LogP contribution in [-0.4, -0.2) is 35.3 Å². The molecule has 0 bridgehead atoms. The van der Waals surface area contributed by atoms with Gasteiger partial charge in [-0.05, 0) is 29.8 Å². The molecule has 7 heteroatoms. The quantitative estimate of drug-likeness (QED) is 0.630. The van der Waals surface area contributed by atoms with Gasteiger partial charge in [0.15, 0.2) is 0 Å². The molecule has 1 aromatic heterocycles. The molecule has 1 aromatic rings. The molecule has 1 aliphatic heterocycles. The molecule has 1 saturated heterocycles. The number of morpholine rings is 1. The summed E-state index contributed by atoms with van der Waals surface area (Å²) in [6.45, 7) is 6.42. The van der Waals surface area contributed by atoms with Crippen molar-refractivity contribution in [3.8, 4) is 0 Å². The highest BCUT2D eigenvalue weighted by Crippen LogP contribution is 2.31. The molecule has 0 atom stereocenters. The lowest BCUT2D eigenvalue weighted by atomic mass is 10.0. The van der Waals surface area contributed by atoms with Crippen LogP contribution in [0.25, 0.3) is 0 Å². The molecule has 6 nitrogen and oxygen atoms in total. The number of anilines is 2. The topological polar surface area (TPSA) is 76.3 Å². The SMILES string of the molecule is CC1(C)COCCN1c1nc(NN)ncc1Br. The summed E-state index contributed by atoms with van der Waals surface area (Å²) in [5, 5.41) is 0. The van der Waals surface area contributed by atoms with Gasteiger partial charge in [-0.3, -0.25) is 5.43 Å². The Morgan fingerprint density at radius 3 is 3.00 bits per heavy atom. The molecule has 0 aliphatic carbocycles. The Morgan fingerprint density at radius 1 is 1.59 bits per heavy atom. The van der Waals surface area contributed by atoms with Gasteiger partial charge in [0.1, 0.15) is 5.82 Å². The van der Waals surface area contributed by atoms with E-state index in [9.17, 15) is 0 Å². The average molecular weight is 302 g/mol. The van der Waals surface area contributed by atoms with Gasteiger partial charge in [-0.15, -0.1) is 0 Å². The first-order chi connectivity index (χ1) is 8.04. The number of nitrogens with two attached hydrogens (primary N) is 1. The van der Waals surface area contributed by atoms with Gasteiger partial charge < -0.3 is 9.64 Å². The smallest absolute Gasteiger partial charge is 0.239 e. The van der Waals surface area contributed by atoms with Gasteiger partial charge >= 0.3 is 0 Å². The van der Waals surface area contributed by atoms with Gasteiger partial charge in [0.05, 0.1) is 23.2 Å². The van der Waals surface area contributed by atoms with Crippen LogP contribution in [0.2, 0.25) is 0 Å². The molecule has 3 N–H and O–H groups in total. The first kappa shape index (κ1) is 12.5. The molecular weight excluding hydrogens is 286 g/mol. The zero-order chi connectivity index (χ0) is 12.5. The second-order valence-corrected chi connectivity index (χ2v) is 5.38. The third kappa shape index (κ3) is 2.51. The number of ether oxygens (including phenoxy) is 1. The van der Waals surface area contributed by atoms with E-state index >= 15 is 0 Å². The van der Waals surface area contributed by atoms with E-state index < -0.39 is 0 Å². The highest BCUT2D eigenvalue weighted by atomic mass is 79.9. The third-order valence-corrected chi connectivity index (χ3v) is 3.31. The van der Waals surface area contributed by atoms with Gasteiger partial charge in [0.25, 0.3) is 0 Å². The number of nitrogens with zero attached hydrogens (tertiary/aromatic N) is 3. The Labute approximate surface area is 109 Å². The number of nitrogens with one attached hydrogen (secondary N) is 1. The van der Waals surface area contributed by atoms with Crippen molar-refractivity contribution in [3.63, 3.8) is 0 Å². The zero-order valence-electron chi connectivity index (χ0n) is 9.90. The maximum absolute atomic E-state index is 5.49. The van der Waals surface area contributed by atoms with Crippen molar-refractivity contribution < 1.29 is 4.74 Å². The number of hydrazine groups is 1. The van der Waals surface area contributed by atoms with Crippen LogP contribution in [0.5, 0.6) is 0 Å². The van der Waals surface area contributed by atoms with E-state index in [1.54, 1.807) is 6.20 Å². The number of hydrogen-bond acceptors (Lipinski definition) is 6. The van der Waals surface area contributed by atoms with Gasteiger partial charge in [0, 0.05) is 12.7 Å². The van der Waals surface area contributed by atoms with Crippen LogP contribution in [-0.2, 0) is 4.74 Å². The summed E-state index contributed by atoms with van der Waals surface area (Å²) in [6, 6.07) is 0. The van der Waals surface area contributed by atoms with Gasteiger partial charge in [0.2, 0.25) is 5.95 Å². The average Bonchev–Trinajstić information content (AvgIpc) is 2.30. The monoisotopic (exact) mass is 301 g/mol. The first-order valence-corrected chi connectivity index (χ1v) is 6.18. The Kier molecular flexibility index (Phi) is 3.50. The van der Waals surface area contributed by atoms with Gasteiger partial charge in [-0.1, -0.05) is 0 Å². The first-order valence-electron chi connectivity index (χ1n) is 5.39. The van der Waals surface area contributed by atoms with Crippen LogP contribution in [0, 0.1) is 0 Å². The lowest BCUT2D eigenvalue weighted by Crippen LogP contribution is -2.53. The van der Waals surface area contributed by atoms with Crippen molar-refractivity contribution in [2.24, 2.45) is 5.84 Å². The summed E-state index contributed by atoms with van der Waals surface area (Å²) in [6.07, 6.45) is 1.70. The third-order valence-electron chi connectivity index (χ3n) is 2.76. The van der Waals surface area contributed by atoms with Crippen LogP contribution >= 0.6 is 15.9 Å². The van der Waals surface area contributed by atoms with E-state index in [1.807, 2.05) is 0 Å². The zero-order valence-corrected chi connectivity index (χ0v) is 11.5. The van der Waals surface area contributed by atoms with Crippen LogP contribution in [0.3, 0.4) is 0 Å². The molecule has 94 valence electrons. The fourth-order valence-corrected chi connectivity index (χ4v) is 2.27. The standard InChI is InChI=1S/C10H16BrN5O/c1-10(2)6-17-4-3-16(10)8-7(11)5-13-9(14-8)15-12/h5H,3-4,6,12H2,1-2H3,(H,13,14,15). The van der Waals surface area contributed by atoms with E-state index in [-0.39, 0.29) is 5.54 Å². The van der Waals surface area contributed by atoms with Crippen LogP contribution in [0.15, 0.2) is 10.7 Å². The molecule has 1 fully saturated rings. The van der Waals surface area contributed by atoms with Gasteiger partial charge in [-0.2, -0.15) is 4.98 Å². The van der Waals surface area contributed by atoms with Crippen molar-refractivity contribution in [3.05, 3.63) is 10.7 Å². The Morgan fingerprint density at radius 2 is 2.35 bits per heavy atom. The predicted molar refractivity (Wildman–Crippen MR) is 69.8 cm³/mol. The summed E-state index contributed by atoms with van der Waals surface area (Å²) in [4.78, 5) is 10.6. The molecule has 1 aliphatic rings. The van der Waals surface area contributed by atoms with Crippen molar-refractivity contribution in [1.82, 2.24) is 9.97 Å². The lowest BCUT2D eigenvalue weighted by Gasteiger charge is -2.43. The summed E-state index contributed by atoms with van der Waals surface area (Å²) < 4.78 is 6.35. The molecule has 2 rings (SSSR count). The van der Waals surface area contributed by atoms with Gasteiger partial charge in [-0.25, -0.2) is 10.8 Å². The maximum atomic E-state index is 5.49. The molecule has 0 unspecified atom stereocenters. The fourth-order valence-electron chi connectivity index (χ4n) is 1.87. The van der Waals surface area contributed by atoms with Crippen LogP contribution < -0.4 is 16.2 Å². The van der Waals surface area contributed by atoms with E-state index in [1.165, 1.54) is 0 Å². The number of halogens is 1. The van der Waals surface area contributed by atoms with Crippen LogP contribution in [0.4, 0.5) is 11.8 Å². The molecule has 0 aromatic carbocycles. The van der Waals surface area contributed by atoms with E-state index in [4.69, 9.17) is 10.6 Å². The number of aromatic nitrogens is 2. The lowest BCUT2D eigenvalue weighted by molar-refractivity contribution is 0.0638. The number of rotatable bonds is 2. The molecule has 0 saturated carbocycles. The van der Waals surface area contributed by atoms with E-state index in [0.717, 1.165) is 16.8 Å². The van der Waals surface area contributed by atoms with E-state index in [2.05, 4.69) is 50.1 Å². The highest BCUT2D eigenvalue weighted by Gasteiger charge is 2.32. The van der Waals surface area contributed by atoms with Crippen molar-refractivity contribution in [1.29, 1.82) is 0 Å². The Bertz CT molecular complexity index is 412. The summed E-state index contributed by atoms with van der Waals surface area (Å²) in [5.74, 6) is 6.57. The second kappa shape index (κ2) is 4.75. The maximum Gasteiger partial charge on any atom is 0.239 e. The Hall–Kier alpha value is -0.920.